The third kappa shape index (κ3) is 3.70. The largest absolute Gasteiger partial charge is 0.480 e. The number of nitrogens with one attached hydrogen (secondary N) is 1. The van der Waals surface area contributed by atoms with Gasteiger partial charge in [-0.25, -0.2) is 0 Å². The maximum atomic E-state index is 11.5. The van der Waals surface area contributed by atoms with Gasteiger partial charge in [-0.3, -0.25) is 9.59 Å². The maximum Gasteiger partial charge on any atom is 0.323 e. The van der Waals surface area contributed by atoms with Crippen LogP contribution in [0.1, 0.15) is 26.7 Å². The van der Waals surface area contributed by atoms with Crippen molar-refractivity contribution in [1.82, 2.24) is 9.88 Å². The molecule has 18 heavy (non-hydrogen) atoms. The van der Waals surface area contributed by atoms with E-state index in [2.05, 4.69) is 5.32 Å². The molecule has 0 saturated heterocycles. The Morgan fingerprint density at radius 3 is 2.78 bits per heavy atom. The summed E-state index contributed by atoms with van der Waals surface area (Å²) in [5, 5.41) is 12.2. The lowest BCUT2D eigenvalue weighted by Crippen LogP contribution is -2.50. The van der Waals surface area contributed by atoms with Crippen LogP contribution in [-0.4, -0.2) is 27.7 Å². The molecule has 1 atom stereocenters. The third-order valence-electron chi connectivity index (χ3n) is 2.99. The standard InChI is InChI=1S/C13H20N2O3/c1-3-7-13(2,12(17)18)14-8-10-15-9-5-4-6-11(15)16/h4-6,9,14H,3,7-8,10H2,1-2H3,(H,17,18). The predicted octanol–water partition coefficient (Wildman–Crippen LogP) is 1.08. The second-order valence-corrected chi connectivity index (χ2v) is 4.55. The molecule has 0 aromatic carbocycles. The van der Waals surface area contributed by atoms with Crippen molar-refractivity contribution in [3.8, 4) is 0 Å². The van der Waals surface area contributed by atoms with Crippen LogP contribution in [0.4, 0.5) is 0 Å². The number of aliphatic carboxylic acids is 1. The predicted molar refractivity (Wildman–Crippen MR) is 69.7 cm³/mol. The highest BCUT2D eigenvalue weighted by molar-refractivity contribution is 5.78. The van der Waals surface area contributed by atoms with Crippen LogP contribution in [0.15, 0.2) is 29.2 Å². The number of carboxylic acid groups (broad SMARTS) is 1. The van der Waals surface area contributed by atoms with Crippen molar-refractivity contribution in [2.45, 2.75) is 38.8 Å². The van der Waals surface area contributed by atoms with Gasteiger partial charge in [0.2, 0.25) is 0 Å². The zero-order valence-electron chi connectivity index (χ0n) is 10.8. The van der Waals surface area contributed by atoms with E-state index in [-0.39, 0.29) is 5.56 Å². The molecule has 0 aliphatic carbocycles. The van der Waals surface area contributed by atoms with Gasteiger partial charge >= 0.3 is 5.97 Å². The summed E-state index contributed by atoms with van der Waals surface area (Å²) in [5.74, 6) is -0.857. The lowest BCUT2D eigenvalue weighted by atomic mass is 9.96. The van der Waals surface area contributed by atoms with Crippen LogP contribution in [0.2, 0.25) is 0 Å². The summed E-state index contributed by atoms with van der Waals surface area (Å²) >= 11 is 0. The smallest absolute Gasteiger partial charge is 0.323 e. The first-order valence-electron chi connectivity index (χ1n) is 6.13. The van der Waals surface area contributed by atoms with E-state index < -0.39 is 11.5 Å². The molecule has 1 unspecified atom stereocenters. The first-order chi connectivity index (χ1) is 8.49. The monoisotopic (exact) mass is 252 g/mol. The van der Waals surface area contributed by atoms with Crippen LogP contribution in [0.5, 0.6) is 0 Å². The molecule has 100 valence electrons. The minimum atomic E-state index is -0.923. The Labute approximate surface area is 106 Å². The minimum Gasteiger partial charge on any atom is -0.480 e. The molecule has 0 amide bonds. The minimum absolute atomic E-state index is 0.0770. The van der Waals surface area contributed by atoms with Crippen molar-refractivity contribution >= 4 is 5.97 Å². The molecule has 0 bridgehead atoms. The lowest BCUT2D eigenvalue weighted by Gasteiger charge is -2.26. The van der Waals surface area contributed by atoms with Crippen LogP contribution in [-0.2, 0) is 11.3 Å². The lowest BCUT2D eigenvalue weighted by molar-refractivity contribution is -0.144. The maximum absolute atomic E-state index is 11.5. The SMILES string of the molecule is CCCC(C)(NCCn1ccccc1=O)C(=O)O. The summed E-state index contributed by atoms with van der Waals surface area (Å²) in [7, 11) is 0. The molecule has 0 spiro atoms. The van der Waals surface area contributed by atoms with E-state index in [0.717, 1.165) is 6.42 Å². The fourth-order valence-electron chi connectivity index (χ4n) is 1.87. The Balaban J connectivity index is 2.57. The molecule has 1 aromatic rings. The molecule has 1 rings (SSSR count). The average molecular weight is 252 g/mol. The van der Waals surface area contributed by atoms with Crippen molar-refractivity contribution in [3.05, 3.63) is 34.7 Å². The summed E-state index contributed by atoms with van der Waals surface area (Å²) in [6, 6.07) is 4.96. The van der Waals surface area contributed by atoms with Gasteiger partial charge in [0.15, 0.2) is 0 Å². The summed E-state index contributed by atoms with van der Waals surface area (Å²) in [4.78, 5) is 22.6. The Bertz CT molecular complexity index is 456. The van der Waals surface area contributed by atoms with Crippen molar-refractivity contribution < 1.29 is 9.90 Å². The van der Waals surface area contributed by atoms with Crippen molar-refractivity contribution in [2.24, 2.45) is 0 Å². The second-order valence-electron chi connectivity index (χ2n) is 4.55. The zero-order chi connectivity index (χ0) is 13.6. The quantitative estimate of drug-likeness (QED) is 0.761. The highest BCUT2D eigenvalue weighted by Gasteiger charge is 2.30. The summed E-state index contributed by atoms with van der Waals surface area (Å²) in [5.41, 5.74) is -1.00. The Kier molecular flexibility index (Phi) is 5.09. The number of hydrogen-bond donors (Lipinski definition) is 2. The number of nitrogens with zero attached hydrogens (tertiary/aromatic N) is 1. The van der Waals surface area contributed by atoms with Gasteiger partial charge in [-0.05, 0) is 19.4 Å². The molecule has 5 nitrogen and oxygen atoms in total. The van der Waals surface area contributed by atoms with Gasteiger partial charge in [-0.15, -0.1) is 0 Å². The summed E-state index contributed by atoms with van der Waals surface area (Å²) in [6.45, 7) is 4.54. The summed E-state index contributed by atoms with van der Waals surface area (Å²) < 4.78 is 1.56. The molecule has 0 saturated carbocycles. The number of hydrogen-bond acceptors (Lipinski definition) is 3. The van der Waals surface area contributed by atoms with Crippen LogP contribution >= 0.6 is 0 Å². The van der Waals surface area contributed by atoms with Crippen molar-refractivity contribution in [2.75, 3.05) is 6.54 Å². The topological polar surface area (TPSA) is 71.3 Å². The highest BCUT2D eigenvalue weighted by atomic mass is 16.4. The Morgan fingerprint density at radius 2 is 2.22 bits per heavy atom. The molecular formula is C13H20N2O3. The van der Waals surface area contributed by atoms with E-state index in [1.54, 1.807) is 29.8 Å². The second kappa shape index (κ2) is 6.35. The number of carboxylic acids is 1. The average Bonchev–Trinajstić information content (AvgIpc) is 2.32. The molecule has 0 aliphatic rings. The van der Waals surface area contributed by atoms with Gasteiger partial charge in [0.1, 0.15) is 5.54 Å². The molecule has 0 fully saturated rings. The van der Waals surface area contributed by atoms with E-state index in [1.165, 1.54) is 6.07 Å². The van der Waals surface area contributed by atoms with E-state index in [9.17, 15) is 14.7 Å². The van der Waals surface area contributed by atoms with Crippen molar-refractivity contribution in [1.29, 1.82) is 0 Å². The molecule has 0 radical (unpaired) electrons. The van der Waals surface area contributed by atoms with Crippen LogP contribution < -0.4 is 10.9 Å². The molecule has 0 aliphatic heterocycles. The van der Waals surface area contributed by atoms with E-state index in [1.807, 2.05) is 6.92 Å². The highest BCUT2D eigenvalue weighted by Crippen LogP contribution is 2.12. The Morgan fingerprint density at radius 1 is 1.50 bits per heavy atom. The van der Waals surface area contributed by atoms with E-state index in [4.69, 9.17) is 0 Å². The van der Waals surface area contributed by atoms with Crippen molar-refractivity contribution in [3.63, 3.8) is 0 Å². The summed E-state index contributed by atoms with van der Waals surface area (Å²) in [6.07, 6.45) is 3.05. The molecule has 2 N–H and O–H groups in total. The number of pyridine rings is 1. The number of aromatic nitrogens is 1. The van der Waals surface area contributed by atoms with Gasteiger partial charge in [0, 0.05) is 25.4 Å². The van der Waals surface area contributed by atoms with Crippen LogP contribution in [0, 0.1) is 0 Å². The first kappa shape index (κ1) is 14.4. The van der Waals surface area contributed by atoms with Gasteiger partial charge in [-0.2, -0.15) is 0 Å². The molecular weight excluding hydrogens is 232 g/mol. The molecule has 1 heterocycles. The van der Waals surface area contributed by atoms with Crippen LogP contribution in [0.25, 0.3) is 0 Å². The van der Waals surface area contributed by atoms with Crippen LogP contribution in [0.3, 0.4) is 0 Å². The van der Waals surface area contributed by atoms with Gasteiger partial charge in [0.25, 0.3) is 5.56 Å². The normalized spacial score (nSPS) is 14.1. The number of carbonyl (C=O) groups is 1. The van der Waals surface area contributed by atoms with E-state index >= 15 is 0 Å². The zero-order valence-corrected chi connectivity index (χ0v) is 10.8. The van der Waals surface area contributed by atoms with Gasteiger partial charge in [-0.1, -0.05) is 19.4 Å². The van der Waals surface area contributed by atoms with Gasteiger partial charge < -0.3 is 15.0 Å². The molecule has 1 aromatic heterocycles. The Hall–Kier alpha value is -1.62. The number of rotatable bonds is 7. The molecule has 5 heteroatoms. The third-order valence-corrected chi connectivity index (χ3v) is 2.99. The van der Waals surface area contributed by atoms with Gasteiger partial charge in [0.05, 0.1) is 0 Å². The fraction of sp³-hybridized carbons (Fsp3) is 0.538. The van der Waals surface area contributed by atoms with E-state index in [0.29, 0.717) is 19.5 Å². The fourth-order valence-corrected chi connectivity index (χ4v) is 1.87. The first-order valence-corrected chi connectivity index (χ1v) is 6.13.